The van der Waals surface area contributed by atoms with E-state index >= 15 is 0 Å². The predicted octanol–water partition coefficient (Wildman–Crippen LogP) is 2.40. The molecule has 3 rings (SSSR count). The van der Waals surface area contributed by atoms with E-state index in [1.165, 1.54) is 37.6 Å². The summed E-state index contributed by atoms with van der Waals surface area (Å²) >= 11 is 0. The van der Waals surface area contributed by atoms with Gasteiger partial charge in [-0.25, -0.2) is 22.8 Å². The molecule has 0 saturated heterocycles. The first-order valence-corrected chi connectivity index (χ1v) is 11.3. The molecule has 8 nitrogen and oxygen atoms in total. The maximum absolute atomic E-state index is 13.6. The number of hydrogen-bond acceptors (Lipinski definition) is 7. The number of amides is 1. The Morgan fingerprint density at radius 1 is 1.37 bits per heavy atom. The number of hydrogen-bond donors (Lipinski definition) is 2. The van der Waals surface area contributed by atoms with E-state index in [-0.39, 0.29) is 24.6 Å². The van der Waals surface area contributed by atoms with Gasteiger partial charge < -0.3 is 15.4 Å². The summed E-state index contributed by atoms with van der Waals surface area (Å²) in [7, 11) is -1.77. The number of carbonyl (C=O) groups is 1. The Hall–Kier alpha value is -3.01. The van der Waals surface area contributed by atoms with E-state index in [0.29, 0.717) is 23.0 Å². The van der Waals surface area contributed by atoms with Crippen LogP contribution in [0.5, 0.6) is 5.75 Å². The number of nitrogens with zero attached hydrogens (tertiary/aromatic N) is 2. The van der Waals surface area contributed by atoms with Crippen LogP contribution >= 0.6 is 0 Å². The lowest BCUT2D eigenvalue weighted by Gasteiger charge is -2.14. The molecule has 1 aromatic heterocycles. The summed E-state index contributed by atoms with van der Waals surface area (Å²) in [6.07, 6.45) is 5.86. The zero-order valence-electron chi connectivity index (χ0n) is 16.7. The van der Waals surface area contributed by atoms with Gasteiger partial charge in [-0.05, 0) is 31.0 Å². The smallest absolute Gasteiger partial charge is 0.256 e. The summed E-state index contributed by atoms with van der Waals surface area (Å²) in [5.74, 6) is 0.912. The zero-order valence-corrected chi connectivity index (χ0v) is 17.5. The topological polar surface area (TPSA) is 110 Å². The Morgan fingerprint density at radius 3 is 2.80 bits per heavy atom. The number of aromatic nitrogens is 2. The van der Waals surface area contributed by atoms with Crippen LogP contribution in [0.15, 0.2) is 35.9 Å². The molecule has 1 heterocycles. The van der Waals surface area contributed by atoms with Crippen molar-refractivity contribution in [3.63, 3.8) is 0 Å². The van der Waals surface area contributed by atoms with Gasteiger partial charge >= 0.3 is 0 Å². The van der Waals surface area contributed by atoms with Gasteiger partial charge in [-0.15, -0.1) is 0 Å². The van der Waals surface area contributed by atoms with Crippen molar-refractivity contribution >= 4 is 21.6 Å². The fraction of sp³-hybridized carbons (Fsp3) is 0.350. The zero-order chi connectivity index (χ0) is 21.7. The van der Waals surface area contributed by atoms with Crippen molar-refractivity contribution < 1.29 is 22.3 Å². The molecule has 2 N–H and O–H groups in total. The van der Waals surface area contributed by atoms with Crippen LogP contribution in [0.25, 0.3) is 0 Å². The van der Waals surface area contributed by atoms with Gasteiger partial charge in [0.15, 0.2) is 9.84 Å². The average Bonchev–Trinajstić information content (AvgIpc) is 3.54. The third-order valence-electron chi connectivity index (χ3n) is 4.41. The average molecular weight is 434 g/mol. The van der Waals surface area contributed by atoms with Crippen molar-refractivity contribution in [3.8, 4) is 5.75 Å². The molecule has 160 valence electrons. The van der Waals surface area contributed by atoms with Gasteiger partial charge in [0.1, 0.15) is 28.8 Å². The number of halogens is 1. The van der Waals surface area contributed by atoms with Crippen LogP contribution in [0.2, 0.25) is 0 Å². The van der Waals surface area contributed by atoms with Gasteiger partial charge in [0.2, 0.25) is 0 Å². The fourth-order valence-electron chi connectivity index (χ4n) is 2.77. The van der Waals surface area contributed by atoms with Crippen LogP contribution in [0, 0.1) is 5.82 Å². The maximum atomic E-state index is 13.6. The Bertz CT molecular complexity index is 1070. The SMILES string of the molecule is COc1ccc(F)cc1CNc1nc(C2CC2)ncc1C(=O)NC/C=C/S(C)(=O)=O. The molecule has 1 aliphatic rings. The highest BCUT2D eigenvalue weighted by atomic mass is 32.2. The van der Waals surface area contributed by atoms with Gasteiger partial charge in [0.25, 0.3) is 5.91 Å². The number of rotatable bonds is 9. The highest BCUT2D eigenvalue weighted by Crippen LogP contribution is 2.38. The van der Waals surface area contributed by atoms with Crippen LogP contribution < -0.4 is 15.4 Å². The lowest BCUT2D eigenvalue weighted by molar-refractivity contribution is 0.0958. The molecule has 1 aromatic carbocycles. The van der Waals surface area contributed by atoms with Crippen molar-refractivity contribution in [1.82, 2.24) is 15.3 Å². The van der Waals surface area contributed by atoms with E-state index in [2.05, 4.69) is 20.6 Å². The Kier molecular flexibility index (Phi) is 6.66. The number of methoxy groups -OCH3 is 1. The van der Waals surface area contributed by atoms with Crippen LogP contribution in [-0.4, -0.2) is 44.2 Å². The molecule has 0 aliphatic heterocycles. The maximum Gasteiger partial charge on any atom is 0.256 e. The Balaban J connectivity index is 1.78. The van der Waals surface area contributed by atoms with Gasteiger partial charge in [-0.3, -0.25) is 4.79 Å². The van der Waals surface area contributed by atoms with Gasteiger partial charge in [0.05, 0.1) is 7.11 Å². The van der Waals surface area contributed by atoms with E-state index in [4.69, 9.17) is 4.74 Å². The summed E-state index contributed by atoms with van der Waals surface area (Å²) in [4.78, 5) is 21.3. The minimum atomic E-state index is -3.26. The number of benzene rings is 1. The van der Waals surface area contributed by atoms with Crippen molar-refractivity contribution in [2.75, 3.05) is 25.2 Å². The minimum absolute atomic E-state index is 0.0352. The predicted molar refractivity (Wildman–Crippen MR) is 111 cm³/mol. The summed E-state index contributed by atoms with van der Waals surface area (Å²) in [6, 6.07) is 4.19. The second-order valence-electron chi connectivity index (χ2n) is 6.99. The van der Waals surface area contributed by atoms with Crippen LogP contribution in [-0.2, 0) is 16.4 Å². The van der Waals surface area contributed by atoms with Crippen LogP contribution in [0.1, 0.15) is 40.5 Å². The first-order chi connectivity index (χ1) is 14.3. The molecule has 0 spiro atoms. The molecule has 1 aliphatic carbocycles. The van der Waals surface area contributed by atoms with Crippen LogP contribution in [0.3, 0.4) is 0 Å². The molecule has 1 saturated carbocycles. The van der Waals surface area contributed by atoms with E-state index in [0.717, 1.165) is 24.5 Å². The quantitative estimate of drug-likeness (QED) is 0.624. The lowest BCUT2D eigenvalue weighted by Crippen LogP contribution is -2.25. The molecular weight excluding hydrogens is 411 g/mol. The number of carbonyl (C=O) groups excluding carboxylic acids is 1. The molecule has 0 unspecified atom stereocenters. The van der Waals surface area contributed by atoms with Crippen molar-refractivity contribution in [1.29, 1.82) is 0 Å². The van der Waals surface area contributed by atoms with Gasteiger partial charge in [-0.1, -0.05) is 6.08 Å². The summed E-state index contributed by atoms with van der Waals surface area (Å²) in [5.41, 5.74) is 0.786. The molecule has 1 amide bonds. The standard InChI is InChI=1S/C20H23FN4O4S/c1-29-17-7-6-15(21)10-14(17)11-23-19-16(12-24-18(25-19)13-4-5-13)20(26)22-8-3-9-30(2,27)28/h3,6-7,9-10,12-13H,4-5,8,11H2,1-2H3,(H,22,26)(H,23,24,25)/b9-3+. The lowest BCUT2D eigenvalue weighted by atomic mass is 10.2. The molecule has 2 aromatic rings. The van der Waals surface area contributed by atoms with Crippen molar-refractivity contribution in [3.05, 3.63) is 58.6 Å². The molecule has 30 heavy (non-hydrogen) atoms. The highest BCUT2D eigenvalue weighted by molar-refractivity contribution is 7.93. The number of sulfone groups is 1. The molecule has 0 radical (unpaired) electrons. The van der Waals surface area contributed by atoms with E-state index in [1.807, 2.05) is 0 Å². The highest BCUT2D eigenvalue weighted by Gasteiger charge is 2.28. The third kappa shape index (κ3) is 5.99. The molecule has 1 fully saturated rings. The second-order valence-corrected chi connectivity index (χ2v) is 8.92. The van der Waals surface area contributed by atoms with Gasteiger partial charge in [-0.2, -0.15) is 0 Å². The normalized spacial score (nSPS) is 14.0. The second kappa shape index (κ2) is 9.21. The first kappa shape index (κ1) is 21.7. The Morgan fingerprint density at radius 2 is 2.13 bits per heavy atom. The molecule has 0 atom stereocenters. The van der Waals surface area contributed by atoms with E-state index in [9.17, 15) is 17.6 Å². The first-order valence-electron chi connectivity index (χ1n) is 9.35. The summed E-state index contributed by atoms with van der Waals surface area (Å²) in [6.45, 7) is 0.226. The summed E-state index contributed by atoms with van der Waals surface area (Å²) in [5, 5.41) is 6.71. The van der Waals surface area contributed by atoms with Crippen LogP contribution in [0.4, 0.5) is 10.2 Å². The van der Waals surface area contributed by atoms with Crippen molar-refractivity contribution in [2.45, 2.75) is 25.3 Å². The van der Waals surface area contributed by atoms with E-state index in [1.54, 1.807) is 0 Å². The fourth-order valence-corrected chi connectivity index (χ4v) is 3.21. The summed E-state index contributed by atoms with van der Waals surface area (Å²) < 4.78 is 41.2. The third-order valence-corrected chi connectivity index (χ3v) is 5.09. The number of anilines is 1. The Labute approximate surface area is 174 Å². The largest absolute Gasteiger partial charge is 0.496 e. The minimum Gasteiger partial charge on any atom is -0.496 e. The number of nitrogens with one attached hydrogen (secondary N) is 2. The molecule has 0 bridgehead atoms. The van der Waals surface area contributed by atoms with Crippen molar-refractivity contribution in [2.24, 2.45) is 0 Å². The van der Waals surface area contributed by atoms with Gasteiger partial charge in [0, 0.05) is 42.4 Å². The van der Waals surface area contributed by atoms with E-state index < -0.39 is 21.6 Å². The monoisotopic (exact) mass is 434 g/mol. The number of ether oxygens (including phenoxy) is 1. The molecular formula is C20H23FN4O4S. The molecule has 10 heteroatoms.